The molecule has 0 radical (unpaired) electrons. The first kappa shape index (κ1) is 14.7. The van der Waals surface area contributed by atoms with Gasteiger partial charge in [-0.15, -0.1) is 0 Å². The van der Waals surface area contributed by atoms with Crippen molar-refractivity contribution in [3.8, 4) is 0 Å². The quantitative estimate of drug-likeness (QED) is 0.847. The molecule has 106 valence electrons. The second-order valence-corrected chi connectivity index (χ2v) is 4.95. The Morgan fingerprint density at radius 3 is 2.20 bits per heavy atom. The van der Waals surface area contributed by atoms with Gasteiger partial charge in [-0.3, -0.25) is 0 Å². The molecular formula is C17H20FNO. The molecule has 2 N–H and O–H groups in total. The van der Waals surface area contributed by atoms with Gasteiger partial charge in [0.15, 0.2) is 0 Å². The first-order valence-corrected chi connectivity index (χ1v) is 6.86. The van der Waals surface area contributed by atoms with Crippen LogP contribution in [0.1, 0.15) is 29.7 Å². The Balaban J connectivity index is 1.81. The van der Waals surface area contributed by atoms with Crippen LogP contribution in [0.5, 0.6) is 0 Å². The van der Waals surface area contributed by atoms with E-state index in [-0.39, 0.29) is 18.5 Å². The van der Waals surface area contributed by atoms with E-state index < -0.39 is 0 Å². The largest absolute Gasteiger partial charge is 0.392 e. The van der Waals surface area contributed by atoms with E-state index in [1.807, 2.05) is 36.4 Å². The number of aliphatic hydroxyl groups is 1. The van der Waals surface area contributed by atoms with Gasteiger partial charge in [0.25, 0.3) is 0 Å². The smallest absolute Gasteiger partial charge is 0.123 e. The highest BCUT2D eigenvalue weighted by molar-refractivity contribution is 5.22. The molecule has 20 heavy (non-hydrogen) atoms. The fraction of sp³-hybridized carbons (Fsp3) is 0.294. The van der Waals surface area contributed by atoms with Crippen molar-refractivity contribution in [2.24, 2.45) is 0 Å². The highest BCUT2D eigenvalue weighted by Crippen LogP contribution is 2.13. The maximum absolute atomic E-state index is 12.8. The van der Waals surface area contributed by atoms with Crippen LogP contribution in [0.15, 0.2) is 48.5 Å². The van der Waals surface area contributed by atoms with Crippen LogP contribution in [-0.2, 0) is 13.0 Å². The Bertz CT molecular complexity index is 522. The van der Waals surface area contributed by atoms with E-state index in [4.69, 9.17) is 5.11 Å². The van der Waals surface area contributed by atoms with Crippen molar-refractivity contribution in [3.05, 3.63) is 71.0 Å². The van der Waals surface area contributed by atoms with Gasteiger partial charge in [0.2, 0.25) is 0 Å². The maximum Gasteiger partial charge on any atom is 0.123 e. The molecule has 0 spiro atoms. The number of rotatable bonds is 6. The molecule has 2 nitrogen and oxygen atoms in total. The topological polar surface area (TPSA) is 32.3 Å². The van der Waals surface area contributed by atoms with Crippen LogP contribution in [-0.4, -0.2) is 11.7 Å². The molecule has 0 amide bonds. The first-order chi connectivity index (χ1) is 9.69. The van der Waals surface area contributed by atoms with Crippen LogP contribution in [0.25, 0.3) is 0 Å². The van der Waals surface area contributed by atoms with Gasteiger partial charge >= 0.3 is 0 Å². The highest BCUT2D eigenvalue weighted by Gasteiger charge is 2.04. The first-order valence-electron chi connectivity index (χ1n) is 6.86. The van der Waals surface area contributed by atoms with Crippen molar-refractivity contribution in [2.45, 2.75) is 26.0 Å². The average Bonchev–Trinajstić information content (AvgIpc) is 2.48. The zero-order valence-corrected chi connectivity index (χ0v) is 11.6. The van der Waals surface area contributed by atoms with Crippen molar-refractivity contribution in [2.75, 3.05) is 6.54 Å². The van der Waals surface area contributed by atoms with E-state index in [1.54, 1.807) is 0 Å². The van der Waals surface area contributed by atoms with Crippen molar-refractivity contribution < 1.29 is 9.50 Å². The minimum atomic E-state index is -0.204. The minimum absolute atomic E-state index is 0.0835. The summed E-state index contributed by atoms with van der Waals surface area (Å²) in [4.78, 5) is 0. The summed E-state index contributed by atoms with van der Waals surface area (Å²) in [6.07, 6.45) is 0.928. The predicted octanol–water partition coefficient (Wildman–Crippen LogP) is 3.21. The van der Waals surface area contributed by atoms with Crippen LogP contribution < -0.4 is 5.32 Å². The number of halogens is 1. The summed E-state index contributed by atoms with van der Waals surface area (Å²) in [6, 6.07) is 14.8. The lowest BCUT2D eigenvalue weighted by molar-refractivity contribution is 0.282. The molecule has 0 aliphatic heterocycles. The maximum atomic E-state index is 12.8. The van der Waals surface area contributed by atoms with E-state index >= 15 is 0 Å². The molecule has 0 heterocycles. The zero-order chi connectivity index (χ0) is 14.4. The molecule has 0 aliphatic rings. The Labute approximate surface area is 119 Å². The van der Waals surface area contributed by atoms with Crippen molar-refractivity contribution in [1.29, 1.82) is 0 Å². The SMILES string of the molecule is CC(NCCc1ccc(CO)cc1)c1ccc(F)cc1. The summed E-state index contributed by atoms with van der Waals surface area (Å²) in [5, 5.41) is 12.4. The summed E-state index contributed by atoms with van der Waals surface area (Å²) in [7, 11) is 0. The Morgan fingerprint density at radius 1 is 1.00 bits per heavy atom. The van der Waals surface area contributed by atoms with E-state index in [0.717, 1.165) is 24.1 Å². The molecule has 2 aromatic rings. The second-order valence-electron chi connectivity index (χ2n) is 4.95. The fourth-order valence-electron chi connectivity index (χ4n) is 2.11. The Morgan fingerprint density at radius 2 is 1.60 bits per heavy atom. The molecule has 1 unspecified atom stereocenters. The van der Waals surface area contributed by atoms with Crippen LogP contribution in [0, 0.1) is 5.82 Å². The van der Waals surface area contributed by atoms with Crippen LogP contribution in [0.2, 0.25) is 0 Å². The summed E-state index contributed by atoms with van der Waals surface area (Å²) in [5.74, 6) is -0.204. The molecule has 3 heteroatoms. The van der Waals surface area contributed by atoms with Gasteiger partial charge in [0.05, 0.1) is 6.61 Å². The van der Waals surface area contributed by atoms with Gasteiger partial charge in [-0.1, -0.05) is 36.4 Å². The molecule has 0 saturated heterocycles. The molecule has 2 rings (SSSR count). The lowest BCUT2D eigenvalue weighted by Crippen LogP contribution is -2.21. The van der Waals surface area contributed by atoms with E-state index in [2.05, 4.69) is 12.2 Å². The minimum Gasteiger partial charge on any atom is -0.392 e. The van der Waals surface area contributed by atoms with Gasteiger partial charge in [-0.25, -0.2) is 4.39 Å². The number of aliphatic hydroxyl groups excluding tert-OH is 1. The van der Waals surface area contributed by atoms with Gasteiger partial charge < -0.3 is 10.4 Å². The summed E-state index contributed by atoms with van der Waals surface area (Å²) < 4.78 is 12.8. The molecule has 0 aromatic heterocycles. The summed E-state index contributed by atoms with van der Waals surface area (Å²) in [5.41, 5.74) is 3.25. The van der Waals surface area contributed by atoms with Crippen molar-refractivity contribution >= 4 is 0 Å². The number of benzene rings is 2. The second kappa shape index (κ2) is 7.17. The lowest BCUT2D eigenvalue weighted by atomic mass is 10.1. The summed E-state index contributed by atoms with van der Waals surface area (Å²) in [6.45, 7) is 3.01. The van der Waals surface area contributed by atoms with E-state index in [9.17, 15) is 4.39 Å². The Kier molecular flexibility index (Phi) is 5.27. The van der Waals surface area contributed by atoms with Gasteiger partial charge in [-0.2, -0.15) is 0 Å². The monoisotopic (exact) mass is 273 g/mol. The van der Waals surface area contributed by atoms with Crippen molar-refractivity contribution in [1.82, 2.24) is 5.32 Å². The summed E-state index contributed by atoms with van der Waals surface area (Å²) >= 11 is 0. The average molecular weight is 273 g/mol. The molecule has 0 saturated carbocycles. The zero-order valence-electron chi connectivity index (χ0n) is 11.6. The molecule has 1 atom stereocenters. The van der Waals surface area contributed by atoms with E-state index in [0.29, 0.717) is 0 Å². The lowest BCUT2D eigenvalue weighted by Gasteiger charge is -2.14. The fourth-order valence-corrected chi connectivity index (χ4v) is 2.11. The molecule has 2 aromatic carbocycles. The standard InChI is InChI=1S/C17H20FNO/c1-13(16-6-8-17(18)9-7-16)19-11-10-14-2-4-15(12-20)5-3-14/h2-9,13,19-20H,10-12H2,1H3. The van der Waals surface area contributed by atoms with Gasteiger partial charge in [0, 0.05) is 6.04 Å². The predicted molar refractivity (Wildman–Crippen MR) is 78.9 cm³/mol. The van der Waals surface area contributed by atoms with Crippen LogP contribution in [0.3, 0.4) is 0 Å². The molecule has 0 aliphatic carbocycles. The third kappa shape index (κ3) is 4.15. The number of hydrogen-bond donors (Lipinski definition) is 2. The van der Waals surface area contributed by atoms with Crippen LogP contribution in [0.4, 0.5) is 4.39 Å². The van der Waals surface area contributed by atoms with E-state index in [1.165, 1.54) is 17.7 Å². The number of nitrogens with one attached hydrogen (secondary N) is 1. The molecule has 0 fully saturated rings. The van der Waals surface area contributed by atoms with Gasteiger partial charge in [-0.05, 0) is 48.7 Å². The highest BCUT2D eigenvalue weighted by atomic mass is 19.1. The normalized spacial score (nSPS) is 12.3. The van der Waals surface area contributed by atoms with Gasteiger partial charge in [0.1, 0.15) is 5.82 Å². The van der Waals surface area contributed by atoms with Crippen molar-refractivity contribution in [3.63, 3.8) is 0 Å². The van der Waals surface area contributed by atoms with Crippen LogP contribution >= 0.6 is 0 Å². The number of hydrogen-bond acceptors (Lipinski definition) is 2. The molecular weight excluding hydrogens is 253 g/mol. The third-order valence-electron chi connectivity index (χ3n) is 3.44. The third-order valence-corrected chi connectivity index (χ3v) is 3.44. The Hall–Kier alpha value is -1.71. The molecule has 0 bridgehead atoms.